The van der Waals surface area contributed by atoms with Gasteiger partial charge in [-0.3, -0.25) is 9.48 Å². The number of nitrogens with zero attached hydrogens (tertiary/aromatic N) is 3. The van der Waals surface area contributed by atoms with E-state index in [-0.39, 0.29) is 17.6 Å². The second-order valence-corrected chi connectivity index (χ2v) is 7.93. The van der Waals surface area contributed by atoms with Crippen molar-refractivity contribution in [3.8, 4) is 16.3 Å². The van der Waals surface area contributed by atoms with Gasteiger partial charge in [-0.2, -0.15) is 5.10 Å². The molecule has 0 radical (unpaired) electrons. The maximum Gasteiger partial charge on any atom is 0.271 e. The molecule has 7 heteroatoms. The Balaban J connectivity index is 1.56. The van der Waals surface area contributed by atoms with E-state index >= 15 is 0 Å². The summed E-state index contributed by atoms with van der Waals surface area (Å²) >= 11 is 1.44. The molecule has 2 aromatic heterocycles. The first-order chi connectivity index (χ1) is 12.4. The first-order valence-corrected chi connectivity index (χ1v) is 9.33. The summed E-state index contributed by atoms with van der Waals surface area (Å²) in [6.45, 7) is 4.07. The van der Waals surface area contributed by atoms with E-state index < -0.39 is 0 Å². The SMILES string of the molecule is Cn1cc(-c2nc(C(=O)NC3CC(C)(C)Oc4ccccc43)cs2)cn1. The zero-order chi connectivity index (χ0) is 18.3. The fraction of sp³-hybridized carbons (Fsp3) is 0.316. The van der Waals surface area contributed by atoms with E-state index in [0.29, 0.717) is 12.1 Å². The van der Waals surface area contributed by atoms with Gasteiger partial charge in [-0.25, -0.2) is 4.98 Å². The number of hydrogen-bond donors (Lipinski definition) is 1. The van der Waals surface area contributed by atoms with Gasteiger partial charge in [0.2, 0.25) is 0 Å². The zero-order valence-electron chi connectivity index (χ0n) is 14.9. The van der Waals surface area contributed by atoms with E-state index in [0.717, 1.165) is 21.9 Å². The lowest BCUT2D eigenvalue weighted by Crippen LogP contribution is -2.41. The van der Waals surface area contributed by atoms with E-state index in [1.54, 1.807) is 16.3 Å². The highest BCUT2D eigenvalue weighted by molar-refractivity contribution is 7.13. The van der Waals surface area contributed by atoms with Gasteiger partial charge in [0.05, 0.1) is 12.2 Å². The van der Waals surface area contributed by atoms with Gasteiger partial charge in [0.25, 0.3) is 5.91 Å². The number of para-hydroxylation sites is 1. The second-order valence-electron chi connectivity index (χ2n) is 7.07. The van der Waals surface area contributed by atoms with Crippen LogP contribution in [0.25, 0.3) is 10.6 Å². The molecule has 1 N–H and O–H groups in total. The number of benzene rings is 1. The van der Waals surface area contributed by atoms with Crippen LogP contribution in [0.4, 0.5) is 0 Å². The van der Waals surface area contributed by atoms with Crippen molar-refractivity contribution in [3.63, 3.8) is 0 Å². The summed E-state index contributed by atoms with van der Waals surface area (Å²) in [4.78, 5) is 17.2. The first kappa shape index (κ1) is 16.8. The van der Waals surface area contributed by atoms with Crippen LogP contribution in [0.1, 0.15) is 42.4 Å². The van der Waals surface area contributed by atoms with Gasteiger partial charge in [0.1, 0.15) is 22.1 Å². The molecule has 4 rings (SSSR count). The fourth-order valence-electron chi connectivity index (χ4n) is 3.21. The number of thiazole rings is 1. The van der Waals surface area contributed by atoms with Crippen molar-refractivity contribution in [1.29, 1.82) is 0 Å². The first-order valence-electron chi connectivity index (χ1n) is 8.45. The molecule has 1 amide bonds. The van der Waals surface area contributed by atoms with Crippen molar-refractivity contribution < 1.29 is 9.53 Å². The minimum Gasteiger partial charge on any atom is -0.487 e. The zero-order valence-corrected chi connectivity index (χ0v) is 15.7. The van der Waals surface area contributed by atoms with Crippen LogP contribution in [0.3, 0.4) is 0 Å². The highest BCUT2D eigenvalue weighted by atomic mass is 32.1. The molecule has 0 aliphatic carbocycles. The quantitative estimate of drug-likeness (QED) is 0.767. The third-order valence-corrected chi connectivity index (χ3v) is 5.26. The van der Waals surface area contributed by atoms with Crippen molar-refractivity contribution in [2.24, 2.45) is 7.05 Å². The molecule has 1 atom stereocenters. The maximum atomic E-state index is 12.8. The van der Waals surface area contributed by atoms with Crippen molar-refractivity contribution in [2.45, 2.75) is 31.9 Å². The number of amides is 1. The molecule has 134 valence electrons. The molecule has 1 aromatic carbocycles. The molecular formula is C19H20N4O2S. The minimum absolute atomic E-state index is 0.106. The van der Waals surface area contributed by atoms with E-state index in [1.807, 2.05) is 51.4 Å². The monoisotopic (exact) mass is 368 g/mol. The predicted molar refractivity (Wildman–Crippen MR) is 100 cm³/mol. The Morgan fingerprint density at radius 3 is 2.96 bits per heavy atom. The number of carbonyl (C=O) groups is 1. The second kappa shape index (κ2) is 6.25. The number of aryl methyl sites for hydroxylation is 1. The summed E-state index contributed by atoms with van der Waals surface area (Å²) < 4.78 is 7.75. The molecule has 0 saturated heterocycles. The molecule has 1 unspecified atom stereocenters. The van der Waals surface area contributed by atoms with Crippen LogP contribution in [-0.4, -0.2) is 26.3 Å². The summed E-state index contributed by atoms with van der Waals surface area (Å²) in [7, 11) is 1.86. The Morgan fingerprint density at radius 2 is 2.19 bits per heavy atom. The van der Waals surface area contributed by atoms with Crippen LogP contribution in [0.5, 0.6) is 5.75 Å². The molecule has 26 heavy (non-hydrogen) atoms. The van der Waals surface area contributed by atoms with E-state index in [4.69, 9.17) is 4.74 Å². The normalized spacial score (nSPS) is 18.0. The van der Waals surface area contributed by atoms with Crippen molar-refractivity contribution in [2.75, 3.05) is 0 Å². The largest absolute Gasteiger partial charge is 0.487 e. The molecule has 0 saturated carbocycles. The van der Waals surface area contributed by atoms with Crippen LogP contribution >= 0.6 is 11.3 Å². The molecule has 3 heterocycles. The molecular weight excluding hydrogens is 348 g/mol. The number of ether oxygens (including phenoxy) is 1. The van der Waals surface area contributed by atoms with Gasteiger partial charge >= 0.3 is 0 Å². The van der Waals surface area contributed by atoms with Crippen molar-refractivity contribution in [3.05, 3.63) is 53.3 Å². The summed E-state index contributed by atoms with van der Waals surface area (Å²) in [6, 6.07) is 7.74. The molecule has 0 bridgehead atoms. The molecule has 3 aromatic rings. The third kappa shape index (κ3) is 3.22. The number of carbonyl (C=O) groups excluding carboxylic acids is 1. The summed E-state index contributed by atoms with van der Waals surface area (Å²) in [5.41, 5.74) is 2.00. The molecule has 6 nitrogen and oxygen atoms in total. The standard InChI is InChI=1S/C19H20N4O2S/c1-19(2)8-14(13-6-4-5-7-16(13)25-19)21-17(24)15-11-26-18(22-15)12-9-20-23(3)10-12/h4-7,9-11,14H,8H2,1-3H3,(H,21,24). The molecule has 0 fully saturated rings. The van der Waals surface area contributed by atoms with Gasteiger partial charge in [-0.05, 0) is 19.9 Å². The highest BCUT2D eigenvalue weighted by Crippen LogP contribution is 2.39. The van der Waals surface area contributed by atoms with Gasteiger partial charge in [0, 0.05) is 36.2 Å². The number of aromatic nitrogens is 3. The van der Waals surface area contributed by atoms with Gasteiger partial charge in [-0.1, -0.05) is 18.2 Å². The smallest absolute Gasteiger partial charge is 0.271 e. The topological polar surface area (TPSA) is 69.0 Å². The number of fused-ring (bicyclic) bond motifs is 1. The predicted octanol–water partition coefficient (Wildman–Crippen LogP) is 3.58. The van der Waals surface area contributed by atoms with E-state index in [9.17, 15) is 4.79 Å². The summed E-state index contributed by atoms with van der Waals surface area (Å²) in [5.74, 6) is 0.650. The van der Waals surface area contributed by atoms with Crippen LogP contribution in [0.15, 0.2) is 42.0 Å². The Kier molecular flexibility index (Phi) is 4.03. The minimum atomic E-state index is -0.338. The Bertz CT molecular complexity index is 960. The van der Waals surface area contributed by atoms with E-state index in [1.165, 1.54) is 11.3 Å². The van der Waals surface area contributed by atoms with Crippen molar-refractivity contribution >= 4 is 17.2 Å². The number of nitrogens with one attached hydrogen (secondary N) is 1. The van der Waals surface area contributed by atoms with Gasteiger partial charge < -0.3 is 10.1 Å². The number of rotatable bonds is 3. The van der Waals surface area contributed by atoms with E-state index in [2.05, 4.69) is 15.4 Å². The van der Waals surface area contributed by atoms with Gasteiger partial charge in [-0.15, -0.1) is 11.3 Å². The Hall–Kier alpha value is -2.67. The average molecular weight is 368 g/mol. The lowest BCUT2D eigenvalue weighted by molar-refractivity contribution is 0.0618. The van der Waals surface area contributed by atoms with Crippen LogP contribution in [0.2, 0.25) is 0 Å². The van der Waals surface area contributed by atoms with Crippen LogP contribution < -0.4 is 10.1 Å². The third-order valence-electron chi connectivity index (χ3n) is 4.37. The van der Waals surface area contributed by atoms with Crippen molar-refractivity contribution in [1.82, 2.24) is 20.1 Å². The summed E-state index contributed by atoms with van der Waals surface area (Å²) in [5, 5.41) is 9.85. The molecule has 0 spiro atoms. The Labute approximate surface area is 155 Å². The summed E-state index contributed by atoms with van der Waals surface area (Å²) in [6.07, 6.45) is 4.34. The van der Waals surface area contributed by atoms with Crippen LogP contribution in [0, 0.1) is 0 Å². The molecule has 1 aliphatic rings. The lowest BCUT2D eigenvalue weighted by atomic mass is 9.89. The van der Waals surface area contributed by atoms with Gasteiger partial charge in [0.15, 0.2) is 0 Å². The maximum absolute atomic E-state index is 12.8. The highest BCUT2D eigenvalue weighted by Gasteiger charge is 2.34. The Morgan fingerprint density at radius 1 is 1.38 bits per heavy atom. The van der Waals surface area contributed by atoms with Crippen LogP contribution in [-0.2, 0) is 7.05 Å². The number of hydrogen-bond acceptors (Lipinski definition) is 5. The fourth-order valence-corrected chi connectivity index (χ4v) is 3.98. The molecule has 1 aliphatic heterocycles. The average Bonchev–Trinajstić information content (AvgIpc) is 3.22. The lowest BCUT2D eigenvalue weighted by Gasteiger charge is -2.37.